The molecule has 0 atom stereocenters. The summed E-state index contributed by atoms with van der Waals surface area (Å²) < 4.78 is 50.1. The number of alkyl halides is 3. The number of fused-ring (bicyclic) bond motifs is 1. The molecule has 4 nitrogen and oxygen atoms in total. The Bertz CT molecular complexity index is 655. The third kappa shape index (κ3) is 2.47. The van der Waals surface area contributed by atoms with Crippen molar-refractivity contribution in [1.82, 2.24) is 9.97 Å². The summed E-state index contributed by atoms with van der Waals surface area (Å²) >= 11 is 0. The number of pyridine rings is 2. The number of hydrogen-bond donors (Lipinski definition) is 0. The van der Waals surface area contributed by atoms with Crippen molar-refractivity contribution in [3.05, 3.63) is 35.2 Å². The number of carbonyl (C=O) groups excluding carboxylic acids is 1. The molecular weight excluding hydrogens is 268 g/mol. The van der Waals surface area contributed by atoms with Crippen LogP contribution in [0.2, 0.25) is 0 Å². The average molecular weight is 274 g/mol. The van der Waals surface area contributed by atoms with Crippen molar-refractivity contribution < 1.29 is 27.4 Å². The second-order valence-electron chi connectivity index (χ2n) is 3.75. The number of hydrogen-bond acceptors (Lipinski definition) is 4. The van der Waals surface area contributed by atoms with E-state index in [0.29, 0.717) is 5.69 Å². The molecule has 0 radical (unpaired) electrons. The van der Waals surface area contributed by atoms with Crippen LogP contribution in [0, 0.1) is 6.92 Å². The number of aryl methyl sites for hydroxylation is 1. The van der Waals surface area contributed by atoms with E-state index in [1.165, 1.54) is 12.1 Å². The van der Waals surface area contributed by atoms with Gasteiger partial charge >= 0.3 is 12.1 Å². The van der Waals surface area contributed by atoms with Gasteiger partial charge in [-0.15, -0.1) is 0 Å². The molecule has 0 amide bonds. The minimum atomic E-state index is -4.91. The van der Waals surface area contributed by atoms with Gasteiger partial charge in [0.25, 0.3) is 0 Å². The van der Waals surface area contributed by atoms with Crippen molar-refractivity contribution in [2.24, 2.45) is 0 Å². The molecule has 0 N–H and O–H groups in total. The number of halogens is 4. The van der Waals surface area contributed by atoms with E-state index in [1.54, 1.807) is 6.92 Å². The summed E-state index contributed by atoms with van der Waals surface area (Å²) in [6, 6.07) is 3.81. The lowest BCUT2D eigenvalue weighted by Gasteiger charge is -2.10. The highest BCUT2D eigenvalue weighted by Gasteiger charge is 2.38. The van der Waals surface area contributed by atoms with Gasteiger partial charge < -0.3 is 0 Å². The first-order chi connectivity index (χ1) is 8.82. The summed E-state index contributed by atoms with van der Waals surface area (Å²) in [5, 5.41) is 0.180. The van der Waals surface area contributed by atoms with Crippen molar-refractivity contribution in [3.63, 3.8) is 0 Å². The number of rotatable bonds is 1. The summed E-state index contributed by atoms with van der Waals surface area (Å²) in [7, 11) is 0. The molecule has 0 bridgehead atoms. The lowest BCUT2D eigenvalue weighted by molar-refractivity contribution is -0.142. The van der Waals surface area contributed by atoms with Crippen molar-refractivity contribution in [1.29, 1.82) is 0 Å². The highest BCUT2D eigenvalue weighted by molar-refractivity contribution is 5.94. The fraction of sp³-hybridized carbons (Fsp3) is 0.182. The van der Waals surface area contributed by atoms with Gasteiger partial charge in [-0.3, -0.25) is 0 Å². The third-order valence-corrected chi connectivity index (χ3v) is 2.38. The predicted molar refractivity (Wildman–Crippen MR) is 55.8 cm³/mol. The van der Waals surface area contributed by atoms with Gasteiger partial charge in [-0.05, 0) is 25.1 Å². The topological polar surface area (TPSA) is 52.1 Å². The summed E-state index contributed by atoms with van der Waals surface area (Å²) in [5.41, 5.74) is -2.23. The summed E-state index contributed by atoms with van der Waals surface area (Å²) in [6.45, 7) is 1.58. The van der Waals surface area contributed by atoms with E-state index < -0.39 is 23.4 Å². The van der Waals surface area contributed by atoms with E-state index >= 15 is 0 Å². The molecule has 0 unspecified atom stereocenters. The molecule has 0 aromatic carbocycles. The maximum atomic E-state index is 12.8. The Morgan fingerprint density at radius 1 is 1.26 bits per heavy atom. The quantitative estimate of drug-likeness (QED) is 0.750. The van der Waals surface area contributed by atoms with E-state index in [4.69, 9.17) is 0 Å². The fourth-order valence-electron chi connectivity index (χ4n) is 1.56. The average Bonchev–Trinajstić information content (AvgIpc) is 2.35. The first-order valence-corrected chi connectivity index (χ1v) is 5.01. The fourth-order valence-corrected chi connectivity index (χ4v) is 1.56. The molecule has 100 valence electrons. The minimum Gasteiger partial charge on any atom is -0.249 e. The van der Waals surface area contributed by atoms with E-state index in [1.807, 2.05) is 0 Å². The van der Waals surface area contributed by atoms with E-state index in [2.05, 4.69) is 14.9 Å². The van der Waals surface area contributed by atoms with Crippen LogP contribution in [-0.4, -0.2) is 15.9 Å². The van der Waals surface area contributed by atoms with Gasteiger partial charge in [-0.2, -0.15) is 13.2 Å². The smallest absolute Gasteiger partial charge is 0.249 e. The second-order valence-corrected chi connectivity index (χ2v) is 3.75. The van der Waals surface area contributed by atoms with Crippen molar-refractivity contribution in [2.75, 3.05) is 0 Å². The minimum absolute atomic E-state index is 0.178. The molecule has 0 fully saturated rings. The second kappa shape index (κ2) is 4.45. The van der Waals surface area contributed by atoms with E-state index in [0.717, 1.165) is 6.07 Å². The first kappa shape index (κ1) is 13.2. The van der Waals surface area contributed by atoms with Crippen molar-refractivity contribution >= 4 is 17.0 Å². The Morgan fingerprint density at radius 3 is 2.53 bits per heavy atom. The molecule has 0 spiro atoms. The third-order valence-electron chi connectivity index (χ3n) is 2.38. The zero-order chi connectivity index (χ0) is 14.2. The van der Waals surface area contributed by atoms with E-state index in [9.17, 15) is 22.5 Å². The molecule has 0 saturated carbocycles. The molecule has 0 aliphatic rings. The van der Waals surface area contributed by atoms with Gasteiger partial charge in [0.15, 0.2) is 11.3 Å². The molecule has 19 heavy (non-hydrogen) atoms. The maximum absolute atomic E-state index is 12.8. The Kier molecular flexibility index (Phi) is 3.09. The van der Waals surface area contributed by atoms with Crippen molar-refractivity contribution in [2.45, 2.75) is 13.1 Å². The summed E-state index contributed by atoms with van der Waals surface area (Å²) in [4.78, 5) is 21.0. The van der Waals surface area contributed by atoms with Crippen LogP contribution in [0.3, 0.4) is 0 Å². The molecule has 2 aromatic heterocycles. The van der Waals surface area contributed by atoms with Crippen LogP contribution < -0.4 is 0 Å². The van der Waals surface area contributed by atoms with Gasteiger partial charge in [0.1, 0.15) is 0 Å². The van der Waals surface area contributed by atoms with Crippen LogP contribution in [0.5, 0.6) is 0 Å². The SMILES string of the molecule is Cc1ccc2cc(C(=O)OF)c(C(F)(F)F)nc2n1. The Hall–Kier alpha value is -2.25. The number of nitrogens with zero attached hydrogens (tertiary/aromatic N) is 2. The zero-order valence-electron chi connectivity index (χ0n) is 9.45. The summed E-state index contributed by atoms with van der Waals surface area (Å²) in [5.74, 6) is -1.75. The van der Waals surface area contributed by atoms with Crippen LogP contribution in [0.15, 0.2) is 18.2 Å². The Balaban J connectivity index is 2.78. The van der Waals surface area contributed by atoms with Crippen LogP contribution >= 0.6 is 0 Å². The molecule has 2 aromatic rings. The lowest BCUT2D eigenvalue weighted by atomic mass is 10.1. The molecule has 8 heteroatoms. The normalized spacial score (nSPS) is 11.6. The van der Waals surface area contributed by atoms with Crippen LogP contribution in [0.1, 0.15) is 21.7 Å². The lowest BCUT2D eigenvalue weighted by Crippen LogP contribution is -2.16. The molecule has 0 aliphatic carbocycles. The monoisotopic (exact) mass is 274 g/mol. The molecule has 2 rings (SSSR count). The standard InChI is InChI=1S/C11H6F4N2O2/c1-5-2-3-6-4-7(10(18)19-15)8(11(12,13)14)17-9(6)16-5/h2-4H,1H3. The van der Waals surface area contributed by atoms with Gasteiger partial charge in [0, 0.05) is 15.6 Å². The molecule has 0 aliphatic heterocycles. The van der Waals surface area contributed by atoms with E-state index in [-0.39, 0.29) is 11.0 Å². The van der Waals surface area contributed by atoms with Crippen molar-refractivity contribution in [3.8, 4) is 0 Å². The van der Waals surface area contributed by atoms with Gasteiger partial charge in [0.05, 0.1) is 5.56 Å². The van der Waals surface area contributed by atoms with Gasteiger partial charge in [-0.25, -0.2) is 19.7 Å². The molecule has 2 heterocycles. The van der Waals surface area contributed by atoms with Gasteiger partial charge in [-0.1, -0.05) is 0 Å². The maximum Gasteiger partial charge on any atom is 0.434 e. The van der Waals surface area contributed by atoms with Crippen LogP contribution in [0.4, 0.5) is 17.7 Å². The molecular formula is C11H6F4N2O2. The first-order valence-electron chi connectivity index (χ1n) is 5.01. The molecule has 0 saturated heterocycles. The Morgan fingerprint density at radius 2 is 1.95 bits per heavy atom. The highest BCUT2D eigenvalue weighted by Crippen LogP contribution is 2.32. The highest BCUT2D eigenvalue weighted by atomic mass is 19.4. The Labute approximate surface area is 103 Å². The van der Waals surface area contributed by atoms with Gasteiger partial charge in [0.2, 0.25) is 0 Å². The van der Waals surface area contributed by atoms with Crippen LogP contribution in [-0.2, 0) is 11.1 Å². The number of aromatic nitrogens is 2. The largest absolute Gasteiger partial charge is 0.434 e. The predicted octanol–water partition coefficient (Wildman–Crippen LogP) is 3.00. The number of carbonyl (C=O) groups is 1. The summed E-state index contributed by atoms with van der Waals surface area (Å²) in [6.07, 6.45) is -4.91. The zero-order valence-corrected chi connectivity index (χ0v) is 9.45. The van der Waals surface area contributed by atoms with Crippen LogP contribution in [0.25, 0.3) is 11.0 Å².